The van der Waals surface area contributed by atoms with E-state index in [0.29, 0.717) is 6.54 Å². The van der Waals surface area contributed by atoms with Gasteiger partial charge >= 0.3 is 0 Å². The Balaban J connectivity index is 2.31. The molecule has 3 nitrogen and oxygen atoms in total. The minimum absolute atomic E-state index is 0.0739. The smallest absolute Gasteiger partial charge is 0.244 e. The monoisotopic (exact) mass is 236 g/mol. The Morgan fingerprint density at radius 1 is 1.62 bits per heavy atom. The second-order valence-corrected chi connectivity index (χ2v) is 4.34. The summed E-state index contributed by atoms with van der Waals surface area (Å²) >= 11 is 1.58. The van der Waals surface area contributed by atoms with Gasteiger partial charge in [0.25, 0.3) is 0 Å². The van der Waals surface area contributed by atoms with Crippen molar-refractivity contribution < 1.29 is 4.79 Å². The first kappa shape index (κ1) is 12.6. The molecule has 0 spiro atoms. The molecule has 1 aromatic rings. The minimum atomic E-state index is -0.0739. The number of hydrogen-bond acceptors (Lipinski definition) is 3. The summed E-state index contributed by atoms with van der Waals surface area (Å²) in [6.07, 6.45) is 8.11. The van der Waals surface area contributed by atoms with E-state index in [-0.39, 0.29) is 5.91 Å². The highest BCUT2D eigenvalue weighted by Gasteiger charge is 1.95. The van der Waals surface area contributed by atoms with Crippen LogP contribution >= 0.6 is 11.3 Å². The largest absolute Gasteiger partial charge is 0.352 e. The number of aryl methyl sites for hydroxylation is 1. The van der Waals surface area contributed by atoms with E-state index in [2.05, 4.69) is 10.3 Å². The summed E-state index contributed by atoms with van der Waals surface area (Å²) in [5.74, 6) is -0.0739. The zero-order chi connectivity index (χ0) is 11.8. The molecular formula is C12H16N2OS. The second kappa shape index (κ2) is 6.95. The molecule has 1 aromatic heterocycles. The van der Waals surface area contributed by atoms with Crippen LogP contribution in [0.2, 0.25) is 0 Å². The van der Waals surface area contributed by atoms with E-state index in [4.69, 9.17) is 0 Å². The quantitative estimate of drug-likeness (QED) is 0.485. The molecule has 1 rings (SSSR count). The number of amides is 1. The van der Waals surface area contributed by atoms with Crippen molar-refractivity contribution >= 4 is 23.3 Å². The van der Waals surface area contributed by atoms with Gasteiger partial charge in [-0.05, 0) is 26.3 Å². The van der Waals surface area contributed by atoms with Crippen molar-refractivity contribution in [3.8, 4) is 0 Å². The van der Waals surface area contributed by atoms with Gasteiger partial charge in [0.05, 0.1) is 10.7 Å². The van der Waals surface area contributed by atoms with E-state index in [9.17, 15) is 4.79 Å². The third-order valence-electron chi connectivity index (χ3n) is 1.89. The molecular weight excluding hydrogens is 220 g/mol. The molecule has 0 radical (unpaired) electrons. The van der Waals surface area contributed by atoms with Gasteiger partial charge < -0.3 is 5.32 Å². The molecule has 0 aliphatic heterocycles. The Hall–Kier alpha value is -1.42. The zero-order valence-corrected chi connectivity index (χ0v) is 10.4. The SMILES string of the molecule is C/C=C/CCNC(=O)/C=C/c1csc(C)n1. The van der Waals surface area contributed by atoms with Crippen LogP contribution in [0.4, 0.5) is 0 Å². The summed E-state index contributed by atoms with van der Waals surface area (Å²) in [6.45, 7) is 4.58. The van der Waals surface area contributed by atoms with Crippen LogP contribution in [0, 0.1) is 6.92 Å². The van der Waals surface area contributed by atoms with Crippen molar-refractivity contribution in [2.45, 2.75) is 20.3 Å². The van der Waals surface area contributed by atoms with E-state index in [1.807, 2.05) is 31.4 Å². The van der Waals surface area contributed by atoms with Gasteiger partial charge in [-0.25, -0.2) is 4.98 Å². The number of carbonyl (C=O) groups is 1. The van der Waals surface area contributed by atoms with Crippen LogP contribution in [0.15, 0.2) is 23.6 Å². The highest BCUT2D eigenvalue weighted by molar-refractivity contribution is 7.09. The predicted molar refractivity (Wildman–Crippen MR) is 68.3 cm³/mol. The van der Waals surface area contributed by atoms with Crippen molar-refractivity contribution in [2.75, 3.05) is 6.54 Å². The van der Waals surface area contributed by atoms with Crippen LogP contribution in [-0.2, 0) is 4.79 Å². The van der Waals surface area contributed by atoms with Gasteiger partial charge in [0, 0.05) is 18.0 Å². The predicted octanol–water partition coefficient (Wildman–Crippen LogP) is 2.55. The van der Waals surface area contributed by atoms with Crippen molar-refractivity contribution in [3.63, 3.8) is 0 Å². The van der Waals surface area contributed by atoms with E-state index < -0.39 is 0 Å². The Bertz CT molecular complexity index is 393. The van der Waals surface area contributed by atoms with Gasteiger partial charge in [-0.1, -0.05) is 12.2 Å². The Morgan fingerprint density at radius 3 is 3.06 bits per heavy atom. The van der Waals surface area contributed by atoms with Gasteiger partial charge in [0.2, 0.25) is 5.91 Å². The van der Waals surface area contributed by atoms with Crippen LogP contribution in [0.5, 0.6) is 0 Å². The lowest BCUT2D eigenvalue weighted by Crippen LogP contribution is -2.21. The Labute approximate surface area is 99.9 Å². The molecule has 0 saturated carbocycles. The maximum atomic E-state index is 11.3. The molecule has 0 unspecified atom stereocenters. The van der Waals surface area contributed by atoms with E-state index >= 15 is 0 Å². The molecule has 86 valence electrons. The molecule has 1 N–H and O–H groups in total. The minimum Gasteiger partial charge on any atom is -0.352 e. The molecule has 0 fully saturated rings. The molecule has 0 bridgehead atoms. The number of hydrogen-bond donors (Lipinski definition) is 1. The third-order valence-corrected chi connectivity index (χ3v) is 2.68. The van der Waals surface area contributed by atoms with E-state index in [0.717, 1.165) is 17.1 Å². The summed E-state index contributed by atoms with van der Waals surface area (Å²) in [5.41, 5.74) is 0.839. The van der Waals surface area contributed by atoms with E-state index in [1.54, 1.807) is 17.4 Å². The molecule has 4 heteroatoms. The van der Waals surface area contributed by atoms with Crippen LogP contribution in [-0.4, -0.2) is 17.4 Å². The lowest BCUT2D eigenvalue weighted by Gasteiger charge is -1.97. The first-order valence-electron chi connectivity index (χ1n) is 5.21. The summed E-state index contributed by atoms with van der Waals surface area (Å²) < 4.78 is 0. The molecule has 16 heavy (non-hydrogen) atoms. The standard InChI is InChI=1S/C12H16N2OS/c1-3-4-5-8-13-12(15)7-6-11-9-16-10(2)14-11/h3-4,6-7,9H,5,8H2,1-2H3,(H,13,15)/b4-3+,7-6+. The fraction of sp³-hybridized carbons (Fsp3) is 0.333. The highest BCUT2D eigenvalue weighted by atomic mass is 32.1. The fourth-order valence-electron chi connectivity index (χ4n) is 1.12. The van der Waals surface area contributed by atoms with Crippen molar-refractivity contribution in [2.24, 2.45) is 0 Å². The first-order valence-corrected chi connectivity index (χ1v) is 6.09. The normalized spacial score (nSPS) is 11.4. The molecule has 0 aliphatic rings. The lowest BCUT2D eigenvalue weighted by atomic mass is 10.3. The summed E-state index contributed by atoms with van der Waals surface area (Å²) in [5, 5.41) is 5.73. The summed E-state index contributed by atoms with van der Waals surface area (Å²) in [7, 11) is 0. The number of nitrogens with one attached hydrogen (secondary N) is 1. The highest BCUT2D eigenvalue weighted by Crippen LogP contribution is 2.08. The molecule has 1 amide bonds. The number of aromatic nitrogens is 1. The Kier molecular flexibility index (Phi) is 5.50. The van der Waals surface area contributed by atoms with Crippen molar-refractivity contribution in [3.05, 3.63) is 34.3 Å². The number of allylic oxidation sites excluding steroid dienone is 1. The van der Waals surface area contributed by atoms with Gasteiger partial charge in [-0.3, -0.25) is 4.79 Å². The zero-order valence-electron chi connectivity index (χ0n) is 9.56. The van der Waals surface area contributed by atoms with Crippen LogP contribution in [0.3, 0.4) is 0 Å². The van der Waals surface area contributed by atoms with Crippen molar-refractivity contribution in [1.29, 1.82) is 0 Å². The van der Waals surface area contributed by atoms with Crippen LogP contribution in [0.25, 0.3) is 6.08 Å². The fourth-order valence-corrected chi connectivity index (χ4v) is 1.70. The lowest BCUT2D eigenvalue weighted by molar-refractivity contribution is -0.116. The van der Waals surface area contributed by atoms with Gasteiger partial charge in [0.1, 0.15) is 0 Å². The van der Waals surface area contributed by atoms with Crippen molar-refractivity contribution in [1.82, 2.24) is 10.3 Å². The molecule has 1 heterocycles. The molecule has 0 aliphatic carbocycles. The average molecular weight is 236 g/mol. The number of rotatable bonds is 5. The summed E-state index contributed by atoms with van der Waals surface area (Å²) in [4.78, 5) is 15.6. The first-order chi connectivity index (χ1) is 7.72. The topological polar surface area (TPSA) is 42.0 Å². The van der Waals surface area contributed by atoms with Gasteiger partial charge in [0.15, 0.2) is 0 Å². The molecule has 0 atom stereocenters. The molecule has 0 aromatic carbocycles. The maximum absolute atomic E-state index is 11.3. The number of nitrogens with zero attached hydrogens (tertiary/aromatic N) is 1. The Morgan fingerprint density at radius 2 is 2.44 bits per heavy atom. The van der Waals surface area contributed by atoms with Crippen LogP contribution in [0.1, 0.15) is 24.0 Å². The molecule has 0 saturated heterocycles. The maximum Gasteiger partial charge on any atom is 0.244 e. The van der Waals surface area contributed by atoms with Gasteiger partial charge in [-0.15, -0.1) is 11.3 Å². The number of carbonyl (C=O) groups excluding carboxylic acids is 1. The average Bonchev–Trinajstić information content (AvgIpc) is 2.68. The third kappa shape index (κ3) is 4.89. The number of thiazole rings is 1. The van der Waals surface area contributed by atoms with Crippen LogP contribution < -0.4 is 5.32 Å². The summed E-state index contributed by atoms with van der Waals surface area (Å²) in [6, 6.07) is 0. The second-order valence-electron chi connectivity index (χ2n) is 3.27. The van der Waals surface area contributed by atoms with E-state index in [1.165, 1.54) is 6.08 Å². The van der Waals surface area contributed by atoms with Gasteiger partial charge in [-0.2, -0.15) is 0 Å².